The van der Waals surface area contributed by atoms with Crippen molar-refractivity contribution in [2.45, 2.75) is 0 Å². The summed E-state index contributed by atoms with van der Waals surface area (Å²) in [5.41, 5.74) is 0.206. The van der Waals surface area contributed by atoms with Crippen LogP contribution in [0.4, 0.5) is 0 Å². The minimum atomic E-state index is -0.559. The second-order valence-corrected chi connectivity index (χ2v) is 5.14. The second-order valence-electron chi connectivity index (χ2n) is 5.14. The topological polar surface area (TPSA) is 65.0 Å². The molecule has 3 aromatic rings. The number of rotatable bonds is 5. The Balaban J connectivity index is 2.01. The Kier molecular flexibility index (Phi) is 4.85. The molecule has 0 spiro atoms. The summed E-state index contributed by atoms with van der Waals surface area (Å²) in [6, 6.07) is 20.7. The van der Waals surface area contributed by atoms with Gasteiger partial charge in [0, 0.05) is 0 Å². The fourth-order valence-electron chi connectivity index (χ4n) is 2.20. The highest BCUT2D eigenvalue weighted by Gasteiger charge is 2.18. The molecule has 0 aliphatic carbocycles. The van der Waals surface area contributed by atoms with Crippen molar-refractivity contribution in [1.29, 1.82) is 0 Å². The Morgan fingerprint density at radius 2 is 1.24 bits per heavy atom. The molecule has 0 atom stereocenters. The number of ether oxygens (including phenoxy) is 3. The first-order valence-corrected chi connectivity index (χ1v) is 7.58. The summed E-state index contributed by atoms with van der Waals surface area (Å²) in [5.74, 6) is 0.465. The number of methoxy groups -OCH3 is 1. The molecule has 0 fully saturated rings. The van der Waals surface area contributed by atoms with Crippen LogP contribution in [0, 0.1) is 0 Å². The maximum atomic E-state index is 11.9. The van der Waals surface area contributed by atoms with E-state index < -0.39 is 5.97 Å². The molecule has 25 heavy (non-hydrogen) atoms. The number of hydrogen-bond acceptors (Lipinski definition) is 5. The Labute approximate surface area is 145 Å². The van der Waals surface area contributed by atoms with E-state index in [0.29, 0.717) is 11.5 Å². The molecular weight excluding hydrogens is 320 g/mol. The lowest BCUT2D eigenvalue weighted by Crippen LogP contribution is -2.02. The standard InChI is InChI=1S/C20H16O5/c1-23-20(22)14-12-17(24-15-8-4-2-5-9-15)19(21)18(13-14)25-16-10-6-3-7-11-16/h2-13,21H,1H3. The SMILES string of the molecule is COC(=O)c1cc(Oc2ccccc2)c(O)c(Oc2ccccc2)c1. The molecular formula is C20H16O5. The van der Waals surface area contributed by atoms with Crippen LogP contribution in [-0.4, -0.2) is 18.2 Å². The summed E-state index contributed by atoms with van der Waals surface area (Å²) < 4.78 is 16.1. The van der Waals surface area contributed by atoms with Crippen molar-refractivity contribution in [2.75, 3.05) is 7.11 Å². The highest BCUT2D eigenvalue weighted by Crippen LogP contribution is 2.41. The molecule has 0 saturated heterocycles. The first kappa shape index (κ1) is 16.4. The number of esters is 1. The molecule has 0 aliphatic heterocycles. The van der Waals surface area contributed by atoms with Crippen molar-refractivity contribution >= 4 is 5.97 Å². The van der Waals surface area contributed by atoms with Crippen LogP contribution < -0.4 is 9.47 Å². The monoisotopic (exact) mass is 336 g/mol. The molecule has 0 aromatic heterocycles. The number of aromatic hydroxyl groups is 1. The molecule has 0 aliphatic rings. The average Bonchev–Trinajstić information content (AvgIpc) is 2.66. The third kappa shape index (κ3) is 3.90. The van der Waals surface area contributed by atoms with Gasteiger partial charge in [0.1, 0.15) is 11.5 Å². The van der Waals surface area contributed by atoms with E-state index in [1.807, 2.05) is 12.1 Å². The average molecular weight is 336 g/mol. The first-order valence-electron chi connectivity index (χ1n) is 7.58. The van der Waals surface area contributed by atoms with Crippen LogP contribution in [0.1, 0.15) is 10.4 Å². The Hall–Kier alpha value is -3.47. The van der Waals surface area contributed by atoms with Gasteiger partial charge in [0.05, 0.1) is 12.7 Å². The lowest BCUT2D eigenvalue weighted by molar-refractivity contribution is 0.0600. The van der Waals surface area contributed by atoms with Crippen LogP contribution in [0.2, 0.25) is 0 Å². The number of para-hydroxylation sites is 2. The summed E-state index contributed by atoms with van der Waals surface area (Å²) in [6.07, 6.45) is 0. The fourth-order valence-corrected chi connectivity index (χ4v) is 2.20. The molecule has 0 radical (unpaired) electrons. The lowest BCUT2D eigenvalue weighted by Gasteiger charge is -2.14. The van der Waals surface area contributed by atoms with E-state index in [2.05, 4.69) is 0 Å². The van der Waals surface area contributed by atoms with Crippen molar-refractivity contribution in [3.8, 4) is 28.7 Å². The molecule has 0 unspecified atom stereocenters. The summed E-state index contributed by atoms with van der Waals surface area (Å²) >= 11 is 0. The molecule has 1 N–H and O–H groups in total. The number of phenolic OH excluding ortho intramolecular Hbond substituents is 1. The van der Waals surface area contributed by atoms with Crippen molar-refractivity contribution in [3.05, 3.63) is 78.4 Å². The lowest BCUT2D eigenvalue weighted by atomic mass is 10.2. The second kappa shape index (κ2) is 7.40. The van der Waals surface area contributed by atoms with Crippen LogP contribution in [0.15, 0.2) is 72.8 Å². The van der Waals surface area contributed by atoms with E-state index in [4.69, 9.17) is 14.2 Å². The van der Waals surface area contributed by atoms with Gasteiger partial charge in [-0.15, -0.1) is 0 Å². The molecule has 0 bridgehead atoms. The van der Waals surface area contributed by atoms with Gasteiger partial charge in [-0.1, -0.05) is 36.4 Å². The number of hydrogen-bond donors (Lipinski definition) is 1. The van der Waals surface area contributed by atoms with Gasteiger partial charge in [0.2, 0.25) is 5.75 Å². The Morgan fingerprint density at radius 3 is 1.64 bits per heavy atom. The molecule has 5 heteroatoms. The summed E-state index contributed by atoms with van der Waals surface area (Å²) in [6.45, 7) is 0. The molecule has 5 nitrogen and oxygen atoms in total. The molecule has 0 heterocycles. The van der Waals surface area contributed by atoms with Crippen LogP contribution in [-0.2, 0) is 4.74 Å². The van der Waals surface area contributed by atoms with Gasteiger partial charge in [-0.3, -0.25) is 0 Å². The summed E-state index contributed by atoms with van der Waals surface area (Å²) in [5, 5.41) is 10.5. The van der Waals surface area contributed by atoms with Gasteiger partial charge in [-0.25, -0.2) is 4.79 Å². The normalized spacial score (nSPS) is 10.1. The first-order chi connectivity index (χ1) is 12.2. The van der Waals surface area contributed by atoms with Gasteiger partial charge < -0.3 is 19.3 Å². The number of benzene rings is 3. The van der Waals surface area contributed by atoms with Gasteiger partial charge in [-0.05, 0) is 36.4 Å². The minimum Gasteiger partial charge on any atom is -0.502 e. The highest BCUT2D eigenvalue weighted by molar-refractivity contribution is 5.91. The third-order valence-electron chi connectivity index (χ3n) is 3.40. The van der Waals surface area contributed by atoms with Gasteiger partial charge in [-0.2, -0.15) is 0 Å². The minimum absolute atomic E-state index is 0.0973. The van der Waals surface area contributed by atoms with E-state index in [9.17, 15) is 9.90 Å². The Bertz CT molecular complexity index is 797. The molecule has 3 aromatic carbocycles. The molecule has 126 valence electrons. The number of carbonyl (C=O) groups excluding carboxylic acids is 1. The predicted octanol–water partition coefficient (Wildman–Crippen LogP) is 4.76. The zero-order chi connectivity index (χ0) is 17.6. The quantitative estimate of drug-likeness (QED) is 0.680. The maximum absolute atomic E-state index is 11.9. The zero-order valence-corrected chi connectivity index (χ0v) is 13.5. The van der Waals surface area contributed by atoms with Crippen molar-refractivity contribution < 1.29 is 24.1 Å². The highest BCUT2D eigenvalue weighted by atomic mass is 16.5. The smallest absolute Gasteiger partial charge is 0.338 e. The van der Waals surface area contributed by atoms with Gasteiger partial charge in [0.25, 0.3) is 0 Å². The summed E-state index contributed by atoms with van der Waals surface area (Å²) in [7, 11) is 1.28. The van der Waals surface area contributed by atoms with E-state index in [0.717, 1.165) is 0 Å². The van der Waals surface area contributed by atoms with Crippen LogP contribution in [0.3, 0.4) is 0 Å². The summed E-state index contributed by atoms with van der Waals surface area (Å²) in [4.78, 5) is 11.9. The van der Waals surface area contributed by atoms with Crippen LogP contribution >= 0.6 is 0 Å². The number of carbonyl (C=O) groups is 1. The van der Waals surface area contributed by atoms with Crippen molar-refractivity contribution in [1.82, 2.24) is 0 Å². The van der Waals surface area contributed by atoms with E-state index >= 15 is 0 Å². The third-order valence-corrected chi connectivity index (χ3v) is 3.40. The van der Waals surface area contributed by atoms with E-state index in [1.54, 1.807) is 48.5 Å². The maximum Gasteiger partial charge on any atom is 0.338 e. The fraction of sp³-hybridized carbons (Fsp3) is 0.0500. The molecule has 3 rings (SSSR count). The predicted molar refractivity (Wildman–Crippen MR) is 92.5 cm³/mol. The van der Waals surface area contributed by atoms with E-state index in [-0.39, 0.29) is 22.8 Å². The van der Waals surface area contributed by atoms with Crippen molar-refractivity contribution in [2.24, 2.45) is 0 Å². The van der Waals surface area contributed by atoms with Crippen LogP contribution in [0.25, 0.3) is 0 Å². The number of phenols is 1. The van der Waals surface area contributed by atoms with Gasteiger partial charge in [0.15, 0.2) is 11.5 Å². The van der Waals surface area contributed by atoms with Crippen LogP contribution in [0.5, 0.6) is 28.7 Å². The van der Waals surface area contributed by atoms with Gasteiger partial charge >= 0.3 is 5.97 Å². The molecule has 0 amide bonds. The zero-order valence-electron chi connectivity index (χ0n) is 13.5. The van der Waals surface area contributed by atoms with E-state index in [1.165, 1.54) is 19.2 Å². The van der Waals surface area contributed by atoms with Crippen molar-refractivity contribution in [3.63, 3.8) is 0 Å². The molecule has 0 saturated carbocycles. The Morgan fingerprint density at radius 1 is 0.800 bits per heavy atom. The largest absolute Gasteiger partial charge is 0.502 e.